The normalized spacial score (nSPS) is 11.5. The molecule has 100 valence electrons. The largest absolute Gasteiger partial charge is 0.394 e. The zero-order valence-electron chi connectivity index (χ0n) is 10.7. The van der Waals surface area contributed by atoms with Gasteiger partial charge >= 0.3 is 0 Å². The molecule has 7 heteroatoms. The second-order valence-electron chi connectivity index (χ2n) is 4.80. The van der Waals surface area contributed by atoms with Crippen LogP contribution in [0.3, 0.4) is 0 Å². The lowest BCUT2D eigenvalue weighted by atomic mass is 10.1. The monoisotopic (exact) mass is 261 g/mol. The highest BCUT2D eigenvalue weighted by molar-refractivity contribution is 5.88. The van der Waals surface area contributed by atoms with Crippen molar-refractivity contribution in [2.24, 2.45) is 5.73 Å². The van der Waals surface area contributed by atoms with E-state index in [0.717, 1.165) is 11.1 Å². The minimum Gasteiger partial charge on any atom is -0.394 e. The van der Waals surface area contributed by atoms with E-state index in [2.05, 4.69) is 15.1 Å². The number of carbonyl (C=O) groups is 1. The number of hydrogen-bond acceptors (Lipinski definition) is 5. The number of aliphatic hydroxyl groups excluding tert-OH is 1. The lowest BCUT2D eigenvalue weighted by molar-refractivity contribution is 0.0990. The van der Waals surface area contributed by atoms with Gasteiger partial charge in [0, 0.05) is 29.7 Å². The average Bonchev–Trinajstić information content (AvgIpc) is 2.89. The van der Waals surface area contributed by atoms with E-state index in [4.69, 9.17) is 5.73 Å². The summed E-state index contributed by atoms with van der Waals surface area (Å²) in [5, 5.41) is 13.5. The quantitative estimate of drug-likeness (QED) is 0.815. The third-order valence-corrected chi connectivity index (χ3v) is 2.80. The molecule has 0 unspecified atom stereocenters. The highest BCUT2D eigenvalue weighted by Gasteiger charge is 2.20. The molecule has 19 heavy (non-hydrogen) atoms. The van der Waals surface area contributed by atoms with Gasteiger partial charge in [0.15, 0.2) is 0 Å². The topological polar surface area (TPSA) is 107 Å². The van der Waals surface area contributed by atoms with Crippen LogP contribution in [0.2, 0.25) is 0 Å². The first-order valence-corrected chi connectivity index (χ1v) is 5.72. The highest BCUT2D eigenvalue weighted by atomic mass is 16.3. The number of nitrogens with two attached hydrogens (primary N) is 1. The molecule has 0 saturated carbocycles. The van der Waals surface area contributed by atoms with Crippen molar-refractivity contribution in [1.82, 2.24) is 19.7 Å². The molecule has 0 aliphatic rings. The van der Waals surface area contributed by atoms with Gasteiger partial charge in [0.05, 0.1) is 18.3 Å². The maximum atomic E-state index is 10.9. The smallest absolute Gasteiger partial charge is 0.286 e. The minimum atomic E-state index is -0.663. The van der Waals surface area contributed by atoms with Gasteiger partial charge in [-0.2, -0.15) is 5.10 Å². The van der Waals surface area contributed by atoms with Gasteiger partial charge in [-0.1, -0.05) is 0 Å². The van der Waals surface area contributed by atoms with Crippen molar-refractivity contribution in [3.8, 4) is 11.1 Å². The standard InChI is InChI=1S/C12H15N5O2/c1-12(2,7-18)17-6-9(5-16-17)8-3-14-11(10(13)19)15-4-8/h3-6,18H,7H2,1-2H3,(H2,13,19). The maximum Gasteiger partial charge on any atom is 0.286 e. The molecule has 3 N–H and O–H groups in total. The van der Waals surface area contributed by atoms with Crippen LogP contribution >= 0.6 is 0 Å². The van der Waals surface area contributed by atoms with Gasteiger partial charge in [-0.3, -0.25) is 9.48 Å². The fourth-order valence-corrected chi connectivity index (χ4v) is 1.48. The van der Waals surface area contributed by atoms with E-state index >= 15 is 0 Å². The fraction of sp³-hybridized carbons (Fsp3) is 0.333. The van der Waals surface area contributed by atoms with Gasteiger partial charge in [-0.05, 0) is 13.8 Å². The van der Waals surface area contributed by atoms with Crippen LogP contribution in [0, 0.1) is 0 Å². The predicted octanol–water partition coefficient (Wildman–Crippen LogP) is 0.166. The van der Waals surface area contributed by atoms with E-state index < -0.39 is 11.4 Å². The zero-order valence-corrected chi connectivity index (χ0v) is 10.7. The number of amides is 1. The van der Waals surface area contributed by atoms with Crippen LogP contribution in [-0.2, 0) is 5.54 Å². The van der Waals surface area contributed by atoms with E-state index in [-0.39, 0.29) is 12.4 Å². The zero-order chi connectivity index (χ0) is 14.0. The van der Waals surface area contributed by atoms with Crippen molar-refractivity contribution < 1.29 is 9.90 Å². The van der Waals surface area contributed by atoms with Gasteiger partial charge in [0.2, 0.25) is 5.82 Å². The summed E-state index contributed by atoms with van der Waals surface area (Å²) in [5.74, 6) is -0.685. The Balaban J connectivity index is 2.30. The van der Waals surface area contributed by atoms with Crippen molar-refractivity contribution >= 4 is 5.91 Å². The first-order valence-electron chi connectivity index (χ1n) is 5.72. The third kappa shape index (κ3) is 2.60. The summed E-state index contributed by atoms with van der Waals surface area (Å²) in [6.07, 6.45) is 6.47. The molecule has 0 aromatic carbocycles. The predicted molar refractivity (Wildman–Crippen MR) is 68.2 cm³/mol. The Morgan fingerprint density at radius 2 is 1.95 bits per heavy atom. The molecule has 0 aliphatic carbocycles. The number of primary amides is 1. The van der Waals surface area contributed by atoms with Gasteiger partial charge in [0.25, 0.3) is 5.91 Å². The molecule has 2 aromatic heterocycles. The molecule has 0 bridgehead atoms. The Labute approximate surface area is 110 Å². The van der Waals surface area contributed by atoms with Crippen LogP contribution < -0.4 is 5.73 Å². The lowest BCUT2D eigenvalue weighted by Crippen LogP contribution is -2.30. The molecule has 0 aliphatic heterocycles. The van der Waals surface area contributed by atoms with Crippen LogP contribution in [-0.4, -0.2) is 37.4 Å². The second-order valence-corrected chi connectivity index (χ2v) is 4.80. The van der Waals surface area contributed by atoms with Gasteiger partial charge < -0.3 is 10.8 Å². The second kappa shape index (κ2) is 4.77. The number of carbonyl (C=O) groups excluding carboxylic acids is 1. The SMILES string of the molecule is CC(C)(CO)n1cc(-c2cnc(C(N)=O)nc2)cn1. The fourth-order valence-electron chi connectivity index (χ4n) is 1.48. The number of nitrogens with zero attached hydrogens (tertiary/aromatic N) is 4. The van der Waals surface area contributed by atoms with E-state index in [1.165, 1.54) is 12.4 Å². The van der Waals surface area contributed by atoms with Crippen LogP contribution in [0.25, 0.3) is 11.1 Å². The molecule has 2 rings (SSSR count). The van der Waals surface area contributed by atoms with Crippen LogP contribution in [0.4, 0.5) is 0 Å². The van der Waals surface area contributed by atoms with Crippen molar-refractivity contribution in [3.05, 3.63) is 30.6 Å². The summed E-state index contributed by atoms with van der Waals surface area (Å²) in [4.78, 5) is 18.6. The van der Waals surface area contributed by atoms with E-state index in [9.17, 15) is 9.90 Å². The first kappa shape index (κ1) is 13.2. The lowest BCUT2D eigenvalue weighted by Gasteiger charge is -2.22. The molecule has 0 radical (unpaired) electrons. The van der Waals surface area contributed by atoms with Crippen molar-refractivity contribution in [2.45, 2.75) is 19.4 Å². The van der Waals surface area contributed by atoms with E-state index in [0.29, 0.717) is 0 Å². The number of aliphatic hydroxyl groups is 1. The molecule has 0 spiro atoms. The summed E-state index contributed by atoms with van der Waals surface area (Å²) in [6.45, 7) is 3.72. The van der Waals surface area contributed by atoms with Crippen LogP contribution in [0.5, 0.6) is 0 Å². The molecule has 0 fully saturated rings. The van der Waals surface area contributed by atoms with Gasteiger partial charge in [-0.25, -0.2) is 9.97 Å². The Morgan fingerprint density at radius 1 is 1.32 bits per heavy atom. The highest BCUT2D eigenvalue weighted by Crippen LogP contribution is 2.20. The third-order valence-electron chi connectivity index (χ3n) is 2.80. The van der Waals surface area contributed by atoms with E-state index in [1.807, 2.05) is 13.8 Å². The molecule has 0 saturated heterocycles. The van der Waals surface area contributed by atoms with Gasteiger partial charge in [-0.15, -0.1) is 0 Å². The molecule has 2 heterocycles. The Hall–Kier alpha value is -2.28. The minimum absolute atomic E-state index is 0.0215. The molecule has 7 nitrogen and oxygen atoms in total. The summed E-state index contributed by atoms with van der Waals surface area (Å²) < 4.78 is 1.67. The molecule has 0 atom stereocenters. The Bertz CT molecular complexity index is 588. The van der Waals surface area contributed by atoms with E-state index in [1.54, 1.807) is 17.1 Å². The number of aromatic nitrogens is 4. The molecule has 2 aromatic rings. The van der Waals surface area contributed by atoms with Crippen molar-refractivity contribution in [3.63, 3.8) is 0 Å². The Kier molecular flexibility index (Phi) is 3.30. The van der Waals surface area contributed by atoms with Crippen molar-refractivity contribution in [2.75, 3.05) is 6.61 Å². The first-order chi connectivity index (χ1) is 8.94. The van der Waals surface area contributed by atoms with Crippen LogP contribution in [0.1, 0.15) is 24.5 Å². The molecule has 1 amide bonds. The number of hydrogen-bond donors (Lipinski definition) is 2. The number of rotatable bonds is 4. The average molecular weight is 261 g/mol. The van der Waals surface area contributed by atoms with Gasteiger partial charge in [0.1, 0.15) is 0 Å². The molecular formula is C12H15N5O2. The van der Waals surface area contributed by atoms with Crippen LogP contribution in [0.15, 0.2) is 24.8 Å². The summed E-state index contributed by atoms with van der Waals surface area (Å²) in [5.41, 5.74) is 6.12. The molecular weight excluding hydrogens is 246 g/mol. The maximum absolute atomic E-state index is 10.9. The summed E-state index contributed by atoms with van der Waals surface area (Å²) in [6, 6.07) is 0. The summed E-state index contributed by atoms with van der Waals surface area (Å²) >= 11 is 0. The summed E-state index contributed by atoms with van der Waals surface area (Å²) in [7, 11) is 0. The Morgan fingerprint density at radius 3 is 2.47 bits per heavy atom. The van der Waals surface area contributed by atoms with Crippen molar-refractivity contribution in [1.29, 1.82) is 0 Å².